The highest BCUT2D eigenvalue weighted by Gasteiger charge is 2.31. The van der Waals surface area contributed by atoms with Crippen molar-refractivity contribution in [2.45, 2.75) is 13.1 Å². The fraction of sp³-hybridized carbons (Fsp3) is 0.286. The highest BCUT2D eigenvalue weighted by molar-refractivity contribution is 6.04. The van der Waals surface area contributed by atoms with Crippen molar-refractivity contribution in [1.82, 2.24) is 4.90 Å². The van der Waals surface area contributed by atoms with E-state index in [9.17, 15) is 22.4 Å². The fourth-order valence-corrected chi connectivity index (χ4v) is 3.20. The molecule has 0 spiro atoms. The first kappa shape index (κ1) is 19.9. The van der Waals surface area contributed by atoms with E-state index in [0.29, 0.717) is 31.9 Å². The first-order chi connectivity index (χ1) is 13.2. The van der Waals surface area contributed by atoms with Gasteiger partial charge >= 0.3 is 6.18 Å². The van der Waals surface area contributed by atoms with E-state index >= 15 is 0 Å². The molecule has 0 radical (unpaired) electrons. The zero-order chi connectivity index (χ0) is 20.3. The topological polar surface area (TPSA) is 23.6 Å². The van der Waals surface area contributed by atoms with E-state index in [1.165, 1.54) is 30.3 Å². The molecule has 3 nitrogen and oxygen atoms in total. The van der Waals surface area contributed by atoms with Gasteiger partial charge in [0.25, 0.3) is 0 Å². The molecule has 0 aliphatic carbocycles. The van der Waals surface area contributed by atoms with Crippen LogP contribution in [0.1, 0.15) is 22.8 Å². The van der Waals surface area contributed by atoms with Crippen molar-refractivity contribution < 1.29 is 22.4 Å². The number of allylic oxidation sites excluding steroid dienone is 2. The summed E-state index contributed by atoms with van der Waals surface area (Å²) in [5.74, 6) is -0.746. The maximum Gasteiger partial charge on any atom is 0.416 e. The summed E-state index contributed by atoms with van der Waals surface area (Å²) in [7, 11) is 0. The van der Waals surface area contributed by atoms with Gasteiger partial charge in [-0.3, -0.25) is 4.79 Å². The van der Waals surface area contributed by atoms with E-state index in [4.69, 9.17) is 0 Å². The number of ketones is 1. The van der Waals surface area contributed by atoms with Gasteiger partial charge < -0.3 is 9.80 Å². The number of rotatable bonds is 4. The monoisotopic (exact) mass is 392 g/mol. The fourth-order valence-electron chi connectivity index (χ4n) is 3.20. The standard InChI is InChI=1S/C21H20F4N2O/c1-15(12-20(28)16-4-2-6-18(22)13-16)26-8-10-27(11-9-26)19-7-3-5-17(14-19)21(23,24)25/h2-7,12-14H,8-11H2,1H3/b15-12-. The number of benzene rings is 2. The Labute approximate surface area is 160 Å². The summed E-state index contributed by atoms with van der Waals surface area (Å²) in [6, 6.07) is 10.8. The van der Waals surface area contributed by atoms with E-state index < -0.39 is 17.6 Å². The smallest absolute Gasteiger partial charge is 0.371 e. The van der Waals surface area contributed by atoms with Gasteiger partial charge in [0.15, 0.2) is 5.78 Å². The first-order valence-corrected chi connectivity index (χ1v) is 8.89. The van der Waals surface area contributed by atoms with Gasteiger partial charge in [0.2, 0.25) is 0 Å². The molecule has 148 valence electrons. The number of nitrogens with zero attached hydrogens (tertiary/aromatic N) is 2. The lowest BCUT2D eigenvalue weighted by Gasteiger charge is -2.38. The van der Waals surface area contributed by atoms with Crippen LogP contribution < -0.4 is 4.90 Å². The molecule has 1 saturated heterocycles. The third-order valence-corrected chi connectivity index (χ3v) is 4.77. The van der Waals surface area contributed by atoms with Crippen molar-refractivity contribution in [2.24, 2.45) is 0 Å². The molecule has 28 heavy (non-hydrogen) atoms. The normalized spacial score (nSPS) is 15.7. The summed E-state index contributed by atoms with van der Waals surface area (Å²) >= 11 is 0. The molecule has 2 aromatic rings. The van der Waals surface area contributed by atoms with Crippen LogP contribution in [0.15, 0.2) is 60.3 Å². The molecule has 1 heterocycles. The molecular weight excluding hydrogens is 372 g/mol. The van der Waals surface area contributed by atoms with Gasteiger partial charge in [-0.05, 0) is 37.3 Å². The van der Waals surface area contributed by atoms with Crippen molar-refractivity contribution in [3.63, 3.8) is 0 Å². The lowest BCUT2D eigenvalue weighted by atomic mass is 10.1. The molecule has 0 atom stereocenters. The minimum Gasteiger partial charge on any atom is -0.371 e. The molecule has 1 aliphatic rings. The number of hydrogen-bond donors (Lipinski definition) is 0. The number of alkyl halides is 3. The van der Waals surface area contributed by atoms with Crippen LogP contribution in [-0.4, -0.2) is 36.9 Å². The Morgan fingerprint density at radius 2 is 1.68 bits per heavy atom. The highest BCUT2D eigenvalue weighted by Crippen LogP contribution is 2.32. The van der Waals surface area contributed by atoms with Gasteiger partial charge in [0, 0.05) is 49.2 Å². The van der Waals surface area contributed by atoms with Gasteiger partial charge in [0.05, 0.1) is 5.56 Å². The molecule has 0 bridgehead atoms. The lowest BCUT2D eigenvalue weighted by Crippen LogP contribution is -2.45. The quantitative estimate of drug-likeness (QED) is 0.426. The third kappa shape index (κ3) is 4.71. The van der Waals surface area contributed by atoms with Crippen molar-refractivity contribution in [1.29, 1.82) is 0 Å². The molecule has 0 amide bonds. The maximum absolute atomic E-state index is 13.3. The average molecular weight is 392 g/mol. The molecule has 0 N–H and O–H groups in total. The molecule has 3 rings (SSSR count). The second-order valence-electron chi connectivity index (χ2n) is 6.68. The molecule has 0 saturated carbocycles. The van der Waals surface area contributed by atoms with Gasteiger partial charge in [0.1, 0.15) is 5.82 Å². The van der Waals surface area contributed by atoms with Crippen molar-refractivity contribution >= 4 is 11.5 Å². The largest absolute Gasteiger partial charge is 0.416 e. The van der Waals surface area contributed by atoms with E-state index in [0.717, 1.165) is 17.8 Å². The highest BCUT2D eigenvalue weighted by atomic mass is 19.4. The predicted octanol–water partition coefficient (Wildman–Crippen LogP) is 4.75. The molecule has 1 fully saturated rings. The number of piperazine rings is 1. The van der Waals surface area contributed by atoms with E-state index in [1.54, 1.807) is 19.1 Å². The van der Waals surface area contributed by atoms with Crippen molar-refractivity contribution in [3.05, 3.63) is 77.2 Å². The van der Waals surface area contributed by atoms with Gasteiger partial charge in [-0.25, -0.2) is 4.39 Å². The van der Waals surface area contributed by atoms with Crippen LogP contribution in [0.2, 0.25) is 0 Å². The Kier molecular flexibility index (Phi) is 5.72. The Bertz CT molecular complexity index is 884. The number of hydrogen-bond acceptors (Lipinski definition) is 3. The van der Waals surface area contributed by atoms with E-state index in [1.807, 2.05) is 9.80 Å². The van der Waals surface area contributed by atoms with Crippen molar-refractivity contribution in [3.8, 4) is 0 Å². The van der Waals surface area contributed by atoms with Crippen LogP contribution in [0, 0.1) is 5.82 Å². The van der Waals surface area contributed by atoms with Gasteiger partial charge in [-0.1, -0.05) is 18.2 Å². The minimum absolute atomic E-state index is 0.280. The second-order valence-corrected chi connectivity index (χ2v) is 6.68. The number of carbonyl (C=O) groups is 1. The number of halogens is 4. The molecular formula is C21H20F4N2O. The molecule has 0 aromatic heterocycles. The molecule has 0 unspecified atom stereocenters. The minimum atomic E-state index is -4.37. The number of carbonyl (C=O) groups excluding carboxylic acids is 1. The van der Waals surface area contributed by atoms with Gasteiger partial charge in [-0.15, -0.1) is 0 Å². The van der Waals surface area contributed by atoms with Gasteiger partial charge in [-0.2, -0.15) is 13.2 Å². The number of anilines is 1. The average Bonchev–Trinajstić information content (AvgIpc) is 2.67. The zero-order valence-corrected chi connectivity index (χ0v) is 15.3. The van der Waals surface area contributed by atoms with Crippen molar-refractivity contribution in [2.75, 3.05) is 31.1 Å². The molecule has 7 heteroatoms. The summed E-state index contributed by atoms with van der Waals surface area (Å²) in [5, 5.41) is 0. The molecule has 1 aliphatic heterocycles. The summed E-state index contributed by atoms with van der Waals surface area (Å²) in [6.45, 7) is 4.04. The Hall–Kier alpha value is -2.83. The Morgan fingerprint density at radius 1 is 1.00 bits per heavy atom. The van der Waals surface area contributed by atoms with Crippen LogP contribution in [0.4, 0.5) is 23.2 Å². The predicted molar refractivity (Wildman–Crippen MR) is 99.7 cm³/mol. The van der Waals surface area contributed by atoms with Crippen LogP contribution in [-0.2, 0) is 6.18 Å². The van der Waals surface area contributed by atoms with E-state index in [-0.39, 0.29) is 11.3 Å². The summed E-state index contributed by atoms with van der Waals surface area (Å²) in [6.07, 6.45) is -2.90. The molecule has 2 aromatic carbocycles. The second kappa shape index (κ2) is 8.04. The van der Waals surface area contributed by atoms with Crippen LogP contribution in [0.5, 0.6) is 0 Å². The van der Waals surface area contributed by atoms with E-state index in [2.05, 4.69) is 0 Å². The Morgan fingerprint density at radius 3 is 2.32 bits per heavy atom. The van der Waals surface area contributed by atoms with Crippen LogP contribution in [0.25, 0.3) is 0 Å². The summed E-state index contributed by atoms with van der Waals surface area (Å²) in [4.78, 5) is 16.2. The zero-order valence-electron chi connectivity index (χ0n) is 15.3. The van der Waals surface area contributed by atoms with Crippen LogP contribution >= 0.6 is 0 Å². The first-order valence-electron chi connectivity index (χ1n) is 8.89. The third-order valence-electron chi connectivity index (χ3n) is 4.77. The SMILES string of the molecule is C/C(=C/C(=O)c1cccc(F)c1)N1CCN(c2cccc(C(F)(F)F)c2)CC1. The summed E-state index contributed by atoms with van der Waals surface area (Å²) in [5.41, 5.74) is 0.899. The maximum atomic E-state index is 13.3. The van der Waals surface area contributed by atoms with Crippen LogP contribution in [0.3, 0.4) is 0 Å². The lowest BCUT2D eigenvalue weighted by molar-refractivity contribution is -0.137. The Balaban J connectivity index is 1.64. The summed E-state index contributed by atoms with van der Waals surface area (Å²) < 4.78 is 52.0.